The van der Waals surface area contributed by atoms with Gasteiger partial charge in [0.05, 0.1) is 15.5 Å². The molecule has 0 spiro atoms. The molecule has 9 heteroatoms. The number of nitro benzene ring substituents is 1. The maximum atomic E-state index is 13.2. The van der Waals surface area contributed by atoms with Crippen LogP contribution in [-0.2, 0) is 6.61 Å². The lowest BCUT2D eigenvalue weighted by molar-refractivity contribution is -0.386. The van der Waals surface area contributed by atoms with E-state index in [4.69, 9.17) is 20.8 Å². The molecular weight excluding hydrogens is 341 g/mol. The molecule has 0 aliphatic rings. The molecular formula is C15H9ClFN3O4. The summed E-state index contributed by atoms with van der Waals surface area (Å²) in [5, 5.41) is 19.0. The lowest BCUT2D eigenvalue weighted by Crippen LogP contribution is -2.00. The number of benzene rings is 2. The number of ether oxygens (including phenoxy) is 1. The summed E-state index contributed by atoms with van der Waals surface area (Å²) in [4.78, 5) is 10.2. The van der Waals surface area contributed by atoms with Gasteiger partial charge in [0.15, 0.2) is 6.61 Å². The van der Waals surface area contributed by atoms with Gasteiger partial charge in [-0.25, -0.2) is 4.39 Å². The molecule has 0 aliphatic carbocycles. The van der Waals surface area contributed by atoms with Crippen molar-refractivity contribution in [2.45, 2.75) is 6.61 Å². The molecule has 3 aromatic rings. The maximum Gasteiger partial charge on any atom is 0.311 e. The Kier molecular flexibility index (Phi) is 4.39. The van der Waals surface area contributed by atoms with Crippen molar-refractivity contribution < 1.29 is 18.5 Å². The van der Waals surface area contributed by atoms with Crippen molar-refractivity contribution in [2.75, 3.05) is 0 Å². The van der Waals surface area contributed by atoms with Crippen LogP contribution >= 0.6 is 11.6 Å². The second-order valence-corrected chi connectivity index (χ2v) is 5.05. The van der Waals surface area contributed by atoms with Crippen LogP contribution in [0.15, 0.2) is 46.9 Å². The highest BCUT2D eigenvalue weighted by molar-refractivity contribution is 6.33. The normalized spacial score (nSPS) is 10.6. The largest absolute Gasteiger partial charge is 0.477 e. The molecule has 0 radical (unpaired) electrons. The molecule has 7 nitrogen and oxygen atoms in total. The Balaban J connectivity index is 1.78. The van der Waals surface area contributed by atoms with E-state index >= 15 is 0 Å². The van der Waals surface area contributed by atoms with Crippen LogP contribution in [0.2, 0.25) is 5.02 Å². The van der Waals surface area contributed by atoms with Crippen molar-refractivity contribution in [1.82, 2.24) is 10.2 Å². The van der Waals surface area contributed by atoms with E-state index in [2.05, 4.69) is 10.2 Å². The van der Waals surface area contributed by atoms with Crippen molar-refractivity contribution in [3.05, 3.63) is 69.3 Å². The standard InChI is InChI=1S/C15H9ClFN3O4/c16-11-4-2-1-3-10(11)15-19-18-14(24-15)8-23-13-7-9(17)5-6-12(13)20(21)22/h1-7H,8H2. The van der Waals surface area contributed by atoms with Gasteiger partial charge in [0.1, 0.15) is 5.82 Å². The monoisotopic (exact) mass is 349 g/mol. The van der Waals surface area contributed by atoms with Gasteiger partial charge >= 0.3 is 5.69 Å². The Morgan fingerprint density at radius 3 is 2.79 bits per heavy atom. The minimum atomic E-state index is -0.669. The summed E-state index contributed by atoms with van der Waals surface area (Å²) in [6.07, 6.45) is 0. The third kappa shape index (κ3) is 3.33. The van der Waals surface area contributed by atoms with E-state index in [9.17, 15) is 14.5 Å². The average molecular weight is 350 g/mol. The van der Waals surface area contributed by atoms with E-state index in [0.29, 0.717) is 10.6 Å². The number of nitrogens with zero attached hydrogens (tertiary/aromatic N) is 3. The van der Waals surface area contributed by atoms with Crippen molar-refractivity contribution >= 4 is 17.3 Å². The number of nitro groups is 1. The van der Waals surface area contributed by atoms with Crippen molar-refractivity contribution in [1.29, 1.82) is 0 Å². The summed E-state index contributed by atoms with van der Waals surface area (Å²) in [6, 6.07) is 9.82. The zero-order valence-electron chi connectivity index (χ0n) is 12.0. The van der Waals surface area contributed by atoms with E-state index in [1.165, 1.54) is 0 Å². The molecule has 0 saturated heterocycles. The molecule has 24 heavy (non-hydrogen) atoms. The summed E-state index contributed by atoms with van der Waals surface area (Å²) in [7, 11) is 0. The van der Waals surface area contributed by atoms with Crippen LogP contribution in [0, 0.1) is 15.9 Å². The Bertz CT molecular complexity index is 900. The minimum Gasteiger partial charge on any atom is -0.477 e. The first-order chi connectivity index (χ1) is 11.5. The first-order valence-electron chi connectivity index (χ1n) is 6.68. The van der Waals surface area contributed by atoms with Gasteiger partial charge in [-0.15, -0.1) is 10.2 Å². The highest BCUT2D eigenvalue weighted by atomic mass is 35.5. The van der Waals surface area contributed by atoms with Gasteiger partial charge in [0, 0.05) is 12.1 Å². The van der Waals surface area contributed by atoms with Gasteiger partial charge in [0.25, 0.3) is 5.89 Å². The number of aromatic nitrogens is 2. The molecule has 0 N–H and O–H groups in total. The van der Waals surface area contributed by atoms with Crippen LogP contribution in [0.1, 0.15) is 5.89 Å². The Morgan fingerprint density at radius 1 is 1.25 bits per heavy atom. The molecule has 122 valence electrons. The third-order valence-electron chi connectivity index (χ3n) is 3.04. The SMILES string of the molecule is O=[N+]([O-])c1ccc(F)cc1OCc1nnc(-c2ccccc2Cl)o1. The molecule has 3 rings (SSSR count). The van der Waals surface area contributed by atoms with Crippen LogP contribution in [0.3, 0.4) is 0 Å². The zero-order valence-corrected chi connectivity index (χ0v) is 12.7. The van der Waals surface area contributed by atoms with Gasteiger partial charge in [-0.05, 0) is 18.2 Å². The summed E-state index contributed by atoms with van der Waals surface area (Å²) >= 11 is 6.04. The highest BCUT2D eigenvalue weighted by Gasteiger charge is 2.18. The minimum absolute atomic E-state index is 0.0727. The molecule has 0 saturated carbocycles. The van der Waals surface area contributed by atoms with Crippen molar-refractivity contribution in [3.8, 4) is 17.2 Å². The average Bonchev–Trinajstić information content (AvgIpc) is 3.02. The predicted molar refractivity (Wildman–Crippen MR) is 82.1 cm³/mol. The van der Waals surface area contributed by atoms with Gasteiger partial charge in [-0.2, -0.15) is 0 Å². The smallest absolute Gasteiger partial charge is 0.311 e. The lowest BCUT2D eigenvalue weighted by atomic mass is 10.2. The fourth-order valence-electron chi connectivity index (χ4n) is 1.95. The predicted octanol–water partition coefficient (Wildman–Crippen LogP) is 4.02. The van der Waals surface area contributed by atoms with Gasteiger partial charge in [0.2, 0.25) is 11.6 Å². The fraction of sp³-hybridized carbons (Fsp3) is 0.0667. The third-order valence-corrected chi connectivity index (χ3v) is 3.37. The Hall–Kier alpha value is -3.00. The van der Waals surface area contributed by atoms with Crippen molar-refractivity contribution in [3.63, 3.8) is 0 Å². The number of halogens is 2. The van der Waals surface area contributed by atoms with Gasteiger partial charge < -0.3 is 9.15 Å². The zero-order chi connectivity index (χ0) is 17.1. The molecule has 0 aliphatic heterocycles. The number of hydrogen-bond acceptors (Lipinski definition) is 6. The van der Waals surface area contributed by atoms with E-state index < -0.39 is 10.7 Å². The summed E-state index contributed by atoms with van der Waals surface area (Å²) in [5.41, 5.74) is 0.192. The van der Waals surface area contributed by atoms with E-state index in [-0.39, 0.29) is 29.8 Å². The molecule has 1 aromatic heterocycles. The molecule has 0 atom stereocenters. The Morgan fingerprint density at radius 2 is 2.04 bits per heavy atom. The van der Waals surface area contributed by atoms with Crippen LogP contribution in [0.25, 0.3) is 11.5 Å². The molecule has 0 fully saturated rings. The molecule has 1 heterocycles. The second kappa shape index (κ2) is 6.63. The van der Waals surface area contributed by atoms with Gasteiger partial charge in [-0.1, -0.05) is 23.7 Å². The first-order valence-corrected chi connectivity index (χ1v) is 7.06. The van der Waals surface area contributed by atoms with Crippen molar-refractivity contribution in [2.24, 2.45) is 0 Å². The number of rotatable bonds is 5. The summed E-state index contributed by atoms with van der Waals surface area (Å²) < 4.78 is 23.9. The number of hydrogen-bond donors (Lipinski definition) is 0. The highest BCUT2D eigenvalue weighted by Crippen LogP contribution is 2.29. The second-order valence-electron chi connectivity index (χ2n) is 4.64. The maximum absolute atomic E-state index is 13.2. The topological polar surface area (TPSA) is 91.3 Å². The van der Waals surface area contributed by atoms with E-state index in [1.807, 2.05) is 0 Å². The fourth-order valence-corrected chi connectivity index (χ4v) is 2.17. The summed E-state index contributed by atoms with van der Waals surface area (Å²) in [5.74, 6) is -0.619. The Labute approximate surface area is 139 Å². The molecule has 2 aromatic carbocycles. The van der Waals surface area contributed by atoms with Gasteiger partial charge in [-0.3, -0.25) is 10.1 Å². The quantitative estimate of drug-likeness (QED) is 0.510. The molecule has 0 amide bonds. The van der Waals surface area contributed by atoms with E-state index in [0.717, 1.165) is 18.2 Å². The van der Waals surface area contributed by atoms with E-state index in [1.54, 1.807) is 24.3 Å². The first kappa shape index (κ1) is 15.9. The van der Waals surface area contributed by atoms with Crippen LogP contribution in [-0.4, -0.2) is 15.1 Å². The lowest BCUT2D eigenvalue weighted by Gasteiger charge is -2.04. The molecule has 0 bridgehead atoms. The van der Waals surface area contributed by atoms with Crippen LogP contribution in [0.5, 0.6) is 5.75 Å². The van der Waals surface area contributed by atoms with Crippen LogP contribution < -0.4 is 4.74 Å². The van der Waals surface area contributed by atoms with Crippen LogP contribution in [0.4, 0.5) is 10.1 Å². The summed E-state index contributed by atoms with van der Waals surface area (Å²) in [6.45, 7) is -0.248. The molecule has 0 unspecified atom stereocenters.